The van der Waals surface area contributed by atoms with E-state index in [1.165, 1.54) is 19.2 Å². The van der Waals surface area contributed by atoms with Crippen LogP contribution in [0.2, 0.25) is 0 Å². The first-order chi connectivity index (χ1) is 8.90. The molecule has 19 heavy (non-hydrogen) atoms. The molecule has 0 aromatic heterocycles. The van der Waals surface area contributed by atoms with E-state index in [-0.39, 0.29) is 23.7 Å². The fraction of sp³-hybridized carbons (Fsp3) is 0.417. The highest BCUT2D eigenvalue weighted by Gasteiger charge is 2.18. The van der Waals surface area contributed by atoms with Gasteiger partial charge in [0.15, 0.2) is 0 Å². The fourth-order valence-corrected chi connectivity index (χ4v) is 2.73. The lowest BCUT2D eigenvalue weighted by Crippen LogP contribution is -2.11. The maximum absolute atomic E-state index is 11.7. The number of methoxy groups -OCH3 is 1. The normalized spacial score (nSPS) is 11.3. The first-order valence-electron chi connectivity index (χ1n) is 5.63. The third-order valence-corrected chi connectivity index (χ3v) is 3.87. The third kappa shape index (κ3) is 4.49. The predicted octanol–water partition coefficient (Wildman–Crippen LogP) is 1.98. The van der Waals surface area contributed by atoms with Gasteiger partial charge in [-0.3, -0.25) is 0 Å². The zero-order valence-corrected chi connectivity index (χ0v) is 12.3. The smallest absolute Gasteiger partial charge is 0.338 e. The summed E-state index contributed by atoms with van der Waals surface area (Å²) in [5, 5.41) is 0. The first kappa shape index (κ1) is 15.9. The van der Waals surface area contributed by atoms with Crippen LogP contribution in [0.4, 0.5) is 0 Å². The number of hydrogen-bond acceptors (Lipinski definition) is 5. The summed E-state index contributed by atoms with van der Waals surface area (Å²) in [5.41, 5.74) is 0.705. The molecule has 5 nitrogen and oxygen atoms in total. The summed E-state index contributed by atoms with van der Waals surface area (Å²) >= 11 is 0. The molecule has 1 aromatic rings. The average molecular weight is 307 g/mol. The third-order valence-electron chi connectivity index (χ3n) is 2.47. The highest BCUT2D eigenvalue weighted by Crippen LogP contribution is 2.22. The summed E-state index contributed by atoms with van der Waals surface area (Å²) in [7, 11) is 2.95. The summed E-state index contributed by atoms with van der Waals surface area (Å²) in [6.45, 7) is 2.19. The van der Waals surface area contributed by atoms with Crippen molar-refractivity contribution in [3.8, 4) is 0 Å². The molecule has 0 radical (unpaired) electrons. The van der Waals surface area contributed by atoms with Gasteiger partial charge in [-0.15, -0.1) is 0 Å². The van der Waals surface area contributed by atoms with Crippen LogP contribution in [-0.4, -0.2) is 34.7 Å². The lowest BCUT2D eigenvalue weighted by atomic mass is 10.1. The lowest BCUT2D eigenvalue weighted by molar-refractivity contribution is 0.0388. The highest BCUT2D eigenvalue weighted by atomic mass is 35.7. The molecule has 7 heteroatoms. The topological polar surface area (TPSA) is 69.7 Å². The first-order valence-corrected chi connectivity index (χ1v) is 7.94. The monoisotopic (exact) mass is 306 g/mol. The number of benzene rings is 1. The number of carbonyl (C=O) groups is 1. The van der Waals surface area contributed by atoms with Gasteiger partial charge < -0.3 is 9.47 Å². The molecular weight excluding hydrogens is 292 g/mol. The van der Waals surface area contributed by atoms with Gasteiger partial charge in [0.05, 0.1) is 17.1 Å². The van der Waals surface area contributed by atoms with E-state index in [0.717, 1.165) is 0 Å². The van der Waals surface area contributed by atoms with Crippen LogP contribution in [0.15, 0.2) is 23.1 Å². The van der Waals surface area contributed by atoms with Crippen molar-refractivity contribution >= 4 is 25.7 Å². The van der Waals surface area contributed by atoms with Gasteiger partial charge >= 0.3 is 5.97 Å². The Labute approximate surface area is 116 Å². The summed E-state index contributed by atoms with van der Waals surface area (Å²) < 4.78 is 32.5. The van der Waals surface area contributed by atoms with Gasteiger partial charge in [-0.25, -0.2) is 13.2 Å². The molecular formula is C12H15ClO5S. The molecule has 106 valence electrons. The molecule has 0 aliphatic carbocycles. The van der Waals surface area contributed by atoms with Crippen LogP contribution in [0.25, 0.3) is 0 Å². The van der Waals surface area contributed by atoms with Gasteiger partial charge in [0, 0.05) is 17.8 Å². The number of carbonyl (C=O) groups excluding carboxylic acids is 1. The maximum Gasteiger partial charge on any atom is 0.338 e. The molecule has 0 amide bonds. The van der Waals surface area contributed by atoms with Gasteiger partial charge in [0.1, 0.15) is 6.61 Å². The Balaban J connectivity index is 3.02. The van der Waals surface area contributed by atoms with Crippen molar-refractivity contribution in [2.75, 3.05) is 20.3 Å². The maximum atomic E-state index is 11.7. The minimum absolute atomic E-state index is 0.0575. The van der Waals surface area contributed by atoms with Crippen molar-refractivity contribution in [1.82, 2.24) is 0 Å². The van der Waals surface area contributed by atoms with Crippen molar-refractivity contribution in [3.63, 3.8) is 0 Å². The van der Waals surface area contributed by atoms with E-state index in [9.17, 15) is 13.2 Å². The Morgan fingerprint density at radius 2 is 2.00 bits per heavy atom. The van der Waals surface area contributed by atoms with Crippen molar-refractivity contribution in [2.45, 2.75) is 18.2 Å². The average Bonchev–Trinajstić information content (AvgIpc) is 2.37. The van der Waals surface area contributed by atoms with Crippen molar-refractivity contribution < 1.29 is 22.7 Å². The molecule has 0 fully saturated rings. The number of hydrogen-bond donors (Lipinski definition) is 0. The molecule has 1 aromatic carbocycles. The molecule has 0 heterocycles. The van der Waals surface area contributed by atoms with Crippen LogP contribution in [0, 0.1) is 0 Å². The molecule has 0 bridgehead atoms. The summed E-state index contributed by atoms with van der Waals surface area (Å²) in [6, 6.07) is 4.30. The minimum atomic E-state index is -3.89. The Morgan fingerprint density at radius 3 is 2.53 bits per heavy atom. The standard InChI is InChI=1S/C12H15ClO5S/c1-3-9-4-5-10(8-11(9)19(13,15)16)12(14)18-7-6-17-2/h4-5,8H,3,6-7H2,1-2H3. The van der Waals surface area contributed by atoms with Crippen LogP contribution < -0.4 is 0 Å². The number of rotatable bonds is 6. The van der Waals surface area contributed by atoms with Gasteiger partial charge in [0.25, 0.3) is 9.05 Å². The Hall–Kier alpha value is -1.11. The zero-order valence-electron chi connectivity index (χ0n) is 10.7. The highest BCUT2D eigenvalue weighted by molar-refractivity contribution is 8.13. The summed E-state index contributed by atoms with van der Waals surface area (Å²) in [5.74, 6) is -0.610. The molecule has 0 N–H and O–H groups in total. The SMILES string of the molecule is CCc1ccc(C(=O)OCCOC)cc1S(=O)(=O)Cl. The van der Waals surface area contributed by atoms with E-state index in [0.29, 0.717) is 12.0 Å². The second-order valence-electron chi connectivity index (χ2n) is 3.74. The number of ether oxygens (including phenoxy) is 2. The summed E-state index contributed by atoms with van der Waals surface area (Å²) in [6.07, 6.45) is 0.500. The van der Waals surface area contributed by atoms with Gasteiger partial charge in [-0.05, 0) is 24.1 Å². The van der Waals surface area contributed by atoms with Crippen molar-refractivity contribution in [1.29, 1.82) is 0 Å². The zero-order chi connectivity index (χ0) is 14.5. The number of esters is 1. The van der Waals surface area contributed by atoms with Gasteiger partial charge in [-0.2, -0.15) is 0 Å². The molecule has 0 saturated carbocycles. The van der Waals surface area contributed by atoms with E-state index in [2.05, 4.69) is 0 Å². The number of aryl methyl sites for hydroxylation is 1. The quantitative estimate of drug-likeness (QED) is 0.456. The second-order valence-corrected chi connectivity index (χ2v) is 6.28. The lowest BCUT2D eigenvalue weighted by Gasteiger charge is -2.08. The Morgan fingerprint density at radius 1 is 1.32 bits per heavy atom. The van der Waals surface area contributed by atoms with Crippen LogP contribution in [0.5, 0.6) is 0 Å². The van der Waals surface area contributed by atoms with Crippen molar-refractivity contribution in [3.05, 3.63) is 29.3 Å². The predicted molar refractivity (Wildman–Crippen MR) is 71.0 cm³/mol. The van der Waals surface area contributed by atoms with Crippen molar-refractivity contribution in [2.24, 2.45) is 0 Å². The van der Waals surface area contributed by atoms with Gasteiger partial charge in [-0.1, -0.05) is 13.0 Å². The van der Waals surface area contributed by atoms with E-state index in [1.807, 2.05) is 0 Å². The van der Waals surface area contributed by atoms with Crippen LogP contribution in [0.3, 0.4) is 0 Å². The molecule has 0 spiro atoms. The van der Waals surface area contributed by atoms with Crippen LogP contribution in [-0.2, 0) is 24.9 Å². The minimum Gasteiger partial charge on any atom is -0.460 e. The Bertz CT molecular complexity index is 553. The molecule has 0 saturated heterocycles. The molecule has 0 aliphatic heterocycles. The summed E-state index contributed by atoms with van der Waals surface area (Å²) in [4.78, 5) is 11.6. The molecule has 0 atom stereocenters. The van der Waals surface area contributed by atoms with Crippen LogP contribution in [0.1, 0.15) is 22.8 Å². The van der Waals surface area contributed by atoms with E-state index in [1.54, 1.807) is 13.0 Å². The Kier molecular flexibility index (Phi) is 5.78. The van der Waals surface area contributed by atoms with E-state index in [4.69, 9.17) is 20.2 Å². The molecule has 0 unspecified atom stereocenters. The molecule has 1 rings (SSSR count). The largest absolute Gasteiger partial charge is 0.460 e. The molecule has 0 aliphatic rings. The second kappa shape index (κ2) is 6.88. The van der Waals surface area contributed by atoms with E-state index < -0.39 is 15.0 Å². The number of halogens is 1. The van der Waals surface area contributed by atoms with E-state index >= 15 is 0 Å². The fourth-order valence-electron chi connectivity index (χ4n) is 1.50. The van der Waals surface area contributed by atoms with Gasteiger partial charge in [0.2, 0.25) is 0 Å². The van der Waals surface area contributed by atoms with Crippen LogP contribution >= 0.6 is 10.7 Å².